The molecule has 4 rings (SSSR count). The van der Waals surface area contributed by atoms with Gasteiger partial charge in [0.05, 0.1) is 40.9 Å². The molecule has 3 aromatic carbocycles. The number of amides is 3. The van der Waals surface area contributed by atoms with Crippen LogP contribution in [0, 0.1) is 3.57 Å². The molecule has 0 unspecified atom stereocenters. The van der Waals surface area contributed by atoms with Crippen LogP contribution in [0.1, 0.15) is 31.1 Å². The van der Waals surface area contributed by atoms with Crippen LogP contribution in [0.15, 0.2) is 91.3 Å². The van der Waals surface area contributed by atoms with Crippen LogP contribution in [0.3, 0.4) is 0 Å². The monoisotopic (exact) mass is 592 g/mol. The molecule has 1 heterocycles. The number of benzene rings is 3. The normalized spacial score (nSPS) is 10.3. The van der Waals surface area contributed by atoms with Gasteiger partial charge in [-0.05, 0) is 77.2 Å². The summed E-state index contributed by atoms with van der Waals surface area (Å²) in [4.78, 5) is 43.0. The Morgan fingerprint density at radius 2 is 1.36 bits per heavy atom. The molecule has 0 aliphatic rings. The van der Waals surface area contributed by atoms with Gasteiger partial charge in [-0.2, -0.15) is 0 Å². The fourth-order valence-corrected chi connectivity index (χ4v) is 3.91. The van der Waals surface area contributed by atoms with Crippen LogP contribution in [0.2, 0.25) is 0 Å². The van der Waals surface area contributed by atoms with Gasteiger partial charge >= 0.3 is 0 Å². The van der Waals surface area contributed by atoms with E-state index in [1.54, 1.807) is 85.1 Å². The van der Waals surface area contributed by atoms with Gasteiger partial charge in [0.1, 0.15) is 5.75 Å². The Morgan fingerprint density at radius 3 is 2.11 bits per heavy atom. The standard InChI is InChI=1S/C27H21IN4O4/c1-36-24-11-5-4-10-23(24)32-26(34)19-8-2-3-9-21(19)31-27(35)20-15-18(28)12-13-22(20)30-25(33)17-7-6-14-29-16-17/h2-16H,1H3,(H,30,33)(H,31,35)(H,32,34). The summed E-state index contributed by atoms with van der Waals surface area (Å²) in [5.74, 6) is -0.772. The van der Waals surface area contributed by atoms with Crippen molar-refractivity contribution in [2.75, 3.05) is 23.1 Å². The number of carbonyl (C=O) groups excluding carboxylic acids is 3. The number of aromatic nitrogens is 1. The van der Waals surface area contributed by atoms with E-state index in [0.29, 0.717) is 28.4 Å². The molecular formula is C27H21IN4O4. The second-order valence-corrected chi connectivity index (χ2v) is 8.79. The number of pyridine rings is 1. The van der Waals surface area contributed by atoms with Gasteiger partial charge in [-0.25, -0.2) is 0 Å². The maximum Gasteiger partial charge on any atom is 0.257 e. The van der Waals surface area contributed by atoms with Crippen LogP contribution in [-0.4, -0.2) is 29.8 Å². The van der Waals surface area contributed by atoms with Crippen molar-refractivity contribution in [3.63, 3.8) is 0 Å². The van der Waals surface area contributed by atoms with Crippen molar-refractivity contribution >= 4 is 57.4 Å². The molecule has 0 aliphatic carbocycles. The maximum absolute atomic E-state index is 13.3. The van der Waals surface area contributed by atoms with Crippen LogP contribution in [-0.2, 0) is 0 Å². The molecule has 0 aliphatic heterocycles. The topological polar surface area (TPSA) is 109 Å². The average Bonchev–Trinajstić information content (AvgIpc) is 2.90. The highest BCUT2D eigenvalue weighted by Crippen LogP contribution is 2.26. The van der Waals surface area contributed by atoms with Gasteiger partial charge in [-0.3, -0.25) is 19.4 Å². The number of hydrogen-bond donors (Lipinski definition) is 3. The summed E-state index contributed by atoms with van der Waals surface area (Å²) < 4.78 is 6.10. The number of carbonyl (C=O) groups is 3. The smallest absolute Gasteiger partial charge is 0.257 e. The second-order valence-electron chi connectivity index (χ2n) is 7.54. The highest BCUT2D eigenvalue weighted by molar-refractivity contribution is 14.1. The molecule has 0 saturated heterocycles. The first-order valence-electron chi connectivity index (χ1n) is 10.8. The number of ether oxygens (including phenoxy) is 1. The van der Waals surface area contributed by atoms with E-state index in [9.17, 15) is 14.4 Å². The molecule has 36 heavy (non-hydrogen) atoms. The van der Waals surface area contributed by atoms with E-state index in [1.807, 2.05) is 0 Å². The fraction of sp³-hybridized carbons (Fsp3) is 0.0370. The van der Waals surface area contributed by atoms with Crippen molar-refractivity contribution < 1.29 is 19.1 Å². The third kappa shape index (κ3) is 5.87. The molecule has 4 aromatic rings. The lowest BCUT2D eigenvalue weighted by Crippen LogP contribution is -2.21. The third-order valence-corrected chi connectivity index (χ3v) is 5.84. The van der Waals surface area contributed by atoms with Gasteiger partial charge in [-0.15, -0.1) is 0 Å². The van der Waals surface area contributed by atoms with E-state index in [2.05, 4.69) is 43.5 Å². The van der Waals surface area contributed by atoms with Crippen LogP contribution < -0.4 is 20.7 Å². The number of methoxy groups -OCH3 is 1. The third-order valence-electron chi connectivity index (χ3n) is 5.17. The lowest BCUT2D eigenvalue weighted by molar-refractivity contribution is 0.101. The zero-order valence-corrected chi connectivity index (χ0v) is 21.3. The van der Waals surface area contributed by atoms with Crippen molar-refractivity contribution in [3.05, 3.63) is 112 Å². The van der Waals surface area contributed by atoms with E-state index in [4.69, 9.17) is 4.74 Å². The van der Waals surface area contributed by atoms with Crippen LogP contribution in [0.25, 0.3) is 0 Å². The van der Waals surface area contributed by atoms with Gasteiger partial charge in [0, 0.05) is 16.0 Å². The highest BCUT2D eigenvalue weighted by Gasteiger charge is 2.19. The fourth-order valence-electron chi connectivity index (χ4n) is 3.42. The summed E-state index contributed by atoms with van der Waals surface area (Å²) in [5.41, 5.74) is 2.03. The minimum atomic E-state index is -0.479. The zero-order chi connectivity index (χ0) is 25.5. The van der Waals surface area contributed by atoms with Crippen LogP contribution >= 0.6 is 22.6 Å². The molecule has 0 fully saturated rings. The number of nitrogens with zero attached hydrogens (tertiary/aromatic N) is 1. The van der Waals surface area contributed by atoms with Crippen LogP contribution in [0.4, 0.5) is 17.1 Å². The lowest BCUT2D eigenvalue weighted by Gasteiger charge is -2.15. The van der Waals surface area contributed by atoms with Gasteiger partial charge < -0.3 is 20.7 Å². The predicted octanol–water partition coefficient (Wildman–Crippen LogP) is 5.45. The first-order chi connectivity index (χ1) is 17.5. The Labute approximate surface area is 221 Å². The van der Waals surface area contributed by atoms with Crippen molar-refractivity contribution in [2.24, 2.45) is 0 Å². The van der Waals surface area contributed by atoms with E-state index >= 15 is 0 Å². The minimum absolute atomic E-state index is 0.249. The summed E-state index contributed by atoms with van der Waals surface area (Å²) in [5, 5.41) is 8.39. The maximum atomic E-state index is 13.3. The van der Waals surface area contributed by atoms with Crippen molar-refractivity contribution in [1.82, 2.24) is 4.98 Å². The van der Waals surface area contributed by atoms with E-state index in [-0.39, 0.29) is 11.1 Å². The average molecular weight is 592 g/mol. The predicted molar refractivity (Wildman–Crippen MR) is 147 cm³/mol. The lowest BCUT2D eigenvalue weighted by atomic mass is 10.1. The van der Waals surface area contributed by atoms with Crippen molar-refractivity contribution in [2.45, 2.75) is 0 Å². The van der Waals surface area contributed by atoms with Gasteiger partial charge in [0.2, 0.25) is 0 Å². The Bertz CT molecular complexity index is 1430. The summed E-state index contributed by atoms with van der Waals surface area (Å²) in [6.45, 7) is 0. The Balaban J connectivity index is 1.58. The summed E-state index contributed by atoms with van der Waals surface area (Å²) in [6.07, 6.45) is 3.01. The molecule has 3 amide bonds. The molecule has 0 radical (unpaired) electrons. The van der Waals surface area contributed by atoms with Gasteiger partial charge in [0.25, 0.3) is 17.7 Å². The molecule has 0 atom stereocenters. The van der Waals surface area contributed by atoms with E-state index < -0.39 is 17.7 Å². The van der Waals surface area contributed by atoms with E-state index in [0.717, 1.165) is 3.57 Å². The second kappa shape index (κ2) is 11.5. The zero-order valence-electron chi connectivity index (χ0n) is 19.1. The number of hydrogen-bond acceptors (Lipinski definition) is 5. The Kier molecular flexibility index (Phi) is 7.91. The number of nitrogens with one attached hydrogen (secondary N) is 3. The number of halogens is 1. The summed E-state index contributed by atoms with van der Waals surface area (Å²) in [6, 6.07) is 22.1. The van der Waals surface area contributed by atoms with E-state index in [1.165, 1.54) is 13.3 Å². The molecule has 0 spiro atoms. The largest absolute Gasteiger partial charge is 0.495 e. The summed E-state index contributed by atoms with van der Waals surface area (Å²) in [7, 11) is 1.52. The molecule has 9 heteroatoms. The number of rotatable bonds is 7. The SMILES string of the molecule is COc1ccccc1NC(=O)c1ccccc1NC(=O)c1cc(I)ccc1NC(=O)c1cccnc1. The Hall–Kier alpha value is -4.25. The molecule has 1 aromatic heterocycles. The highest BCUT2D eigenvalue weighted by atomic mass is 127. The molecular weight excluding hydrogens is 571 g/mol. The molecule has 8 nitrogen and oxygen atoms in total. The molecule has 180 valence electrons. The first kappa shape index (κ1) is 24.9. The summed E-state index contributed by atoms with van der Waals surface area (Å²) >= 11 is 2.09. The molecule has 0 bridgehead atoms. The molecule has 0 saturated carbocycles. The minimum Gasteiger partial charge on any atom is -0.495 e. The van der Waals surface area contributed by atoms with Gasteiger partial charge in [-0.1, -0.05) is 24.3 Å². The first-order valence-corrected chi connectivity index (χ1v) is 11.9. The quantitative estimate of drug-likeness (QED) is 0.248. The van der Waals surface area contributed by atoms with Crippen molar-refractivity contribution in [1.29, 1.82) is 0 Å². The van der Waals surface area contributed by atoms with Crippen LogP contribution in [0.5, 0.6) is 5.75 Å². The van der Waals surface area contributed by atoms with Gasteiger partial charge in [0.15, 0.2) is 0 Å². The van der Waals surface area contributed by atoms with Crippen molar-refractivity contribution in [3.8, 4) is 5.75 Å². The number of para-hydroxylation sites is 3. The Morgan fingerprint density at radius 1 is 0.722 bits per heavy atom. The molecule has 3 N–H and O–H groups in total. The number of anilines is 3.